The molecule has 2 aromatic heterocycles. The van der Waals surface area contributed by atoms with Gasteiger partial charge in [-0.2, -0.15) is 0 Å². The molecule has 1 aliphatic rings. The Morgan fingerprint density at radius 1 is 0.964 bits per heavy atom. The van der Waals surface area contributed by atoms with Crippen LogP contribution in [-0.4, -0.2) is 32.9 Å². The van der Waals surface area contributed by atoms with Gasteiger partial charge in [-0.25, -0.2) is 4.98 Å². The third-order valence-electron chi connectivity index (χ3n) is 5.72. The zero-order chi connectivity index (χ0) is 18.8. The zero-order valence-electron chi connectivity index (χ0n) is 15.9. The van der Waals surface area contributed by atoms with Crippen molar-refractivity contribution in [1.82, 2.24) is 19.9 Å². The van der Waals surface area contributed by atoms with E-state index in [0.29, 0.717) is 6.04 Å². The van der Waals surface area contributed by atoms with Crippen molar-refractivity contribution in [3.8, 4) is 11.1 Å². The monoisotopic (exact) mass is 368 g/mol. The lowest BCUT2D eigenvalue weighted by Gasteiger charge is -2.22. The number of rotatable bonds is 5. The van der Waals surface area contributed by atoms with Gasteiger partial charge in [-0.1, -0.05) is 36.4 Å². The fourth-order valence-electron chi connectivity index (χ4n) is 4.23. The third-order valence-corrected chi connectivity index (χ3v) is 5.72. The van der Waals surface area contributed by atoms with Gasteiger partial charge in [0.15, 0.2) is 0 Å². The summed E-state index contributed by atoms with van der Waals surface area (Å²) in [5.41, 5.74) is 5.93. The number of aromatic amines is 1. The summed E-state index contributed by atoms with van der Waals surface area (Å²) < 4.78 is 0. The Morgan fingerprint density at radius 3 is 2.68 bits per heavy atom. The van der Waals surface area contributed by atoms with Crippen molar-refractivity contribution in [3.05, 3.63) is 84.4 Å². The quantitative estimate of drug-likeness (QED) is 0.539. The molecule has 1 atom stereocenters. The van der Waals surface area contributed by atoms with Gasteiger partial charge < -0.3 is 4.98 Å². The molecule has 1 saturated heterocycles. The van der Waals surface area contributed by atoms with E-state index in [2.05, 4.69) is 63.4 Å². The number of imidazole rings is 1. The van der Waals surface area contributed by atoms with Crippen LogP contribution in [0.1, 0.15) is 30.3 Å². The molecule has 4 aromatic rings. The molecule has 1 fully saturated rings. The van der Waals surface area contributed by atoms with Gasteiger partial charge in [0.25, 0.3) is 0 Å². The van der Waals surface area contributed by atoms with Crippen LogP contribution in [0.2, 0.25) is 0 Å². The Morgan fingerprint density at radius 2 is 1.82 bits per heavy atom. The van der Waals surface area contributed by atoms with E-state index in [1.54, 1.807) is 0 Å². The summed E-state index contributed by atoms with van der Waals surface area (Å²) in [4.78, 5) is 15.2. The molecule has 0 amide bonds. The minimum absolute atomic E-state index is 0.389. The predicted octanol–water partition coefficient (Wildman–Crippen LogP) is 5.00. The number of likely N-dealkylation sites (tertiary alicyclic amines) is 1. The molecule has 28 heavy (non-hydrogen) atoms. The number of nitrogens with zero attached hydrogens (tertiary/aromatic N) is 3. The fraction of sp³-hybridized carbons (Fsp3) is 0.250. The molecule has 0 radical (unpaired) electrons. The summed E-state index contributed by atoms with van der Waals surface area (Å²) in [6, 6.07) is 21.7. The first-order valence-electron chi connectivity index (χ1n) is 10.0. The molecule has 4 nitrogen and oxygen atoms in total. The van der Waals surface area contributed by atoms with Gasteiger partial charge >= 0.3 is 0 Å². The van der Waals surface area contributed by atoms with Crippen LogP contribution in [0.3, 0.4) is 0 Å². The highest BCUT2D eigenvalue weighted by molar-refractivity contribution is 5.82. The van der Waals surface area contributed by atoms with Crippen LogP contribution in [0.15, 0.2) is 73.1 Å². The Labute approximate surface area is 165 Å². The summed E-state index contributed by atoms with van der Waals surface area (Å²) in [5, 5.41) is 0. The molecule has 4 heteroatoms. The number of benzene rings is 2. The van der Waals surface area contributed by atoms with Crippen LogP contribution in [0.5, 0.6) is 0 Å². The second-order valence-electron chi connectivity index (χ2n) is 7.52. The smallest absolute Gasteiger partial charge is 0.124 e. The van der Waals surface area contributed by atoms with E-state index in [1.165, 1.54) is 29.5 Å². The summed E-state index contributed by atoms with van der Waals surface area (Å²) in [6.07, 6.45) is 7.16. The van der Waals surface area contributed by atoms with E-state index in [9.17, 15) is 0 Å². The normalized spacial score (nSPS) is 17.4. The van der Waals surface area contributed by atoms with E-state index in [0.717, 1.165) is 36.4 Å². The molecule has 1 N–H and O–H groups in total. The lowest BCUT2D eigenvalue weighted by atomic mass is 10.1. The Hall–Kier alpha value is -2.98. The van der Waals surface area contributed by atoms with Crippen LogP contribution in [0.25, 0.3) is 22.2 Å². The van der Waals surface area contributed by atoms with Crippen molar-refractivity contribution in [3.63, 3.8) is 0 Å². The molecule has 0 aliphatic carbocycles. The summed E-state index contributed by atoms with van der Waals surface area (Å²) in [5.74, 6) is 1.10. The summed E-state index contributed by atoms with van der Waals surface area (Å²) >= 11 is 0. The van der Waals surface area contributed by atoms with Gasteiger partial charge in [0.1, 0.15) is 5.82 Å². The average molecular weight is 368 g/mol. The molecule has 1 unspecified atom stereocenters. The molecular weight excluding hydrogens is 344 g/mol. The fourth-order valence-corrected chi connectivity index (χ4v) is 4.23. The average Bonchev–Trinajstić information content (AvgIpc) is 3.39. The second-order valence-corrected chi connectivity index (χ2v) is 7.52. The van der Waals surface area contributed by atoms with Gasteiger partial charge in [-0.05, 0) is 66.8 Å². The first kappa shape index (κ1) is 17.1. The molecule has 140 valence electrons. The van der Waals surface area contributed by atoms with Crippen LogP contribution < -0.4 is 0 Å². The number of hydrogen-bond donors (Lipinski definition) is 1. The van der Waals surface area contributed by atoms with Crippen molar-refractivity contribution in [2.75, 3.05) is 13.1 Å². The van der Waals surface area contributed by atoms with E-state index in [4.69, 9.17) is 4.98 Å². The van der Waals surface area contributed by atoms with Crippen molar-refractivity contribution in [2.24, 2.45) is 0 Å². The zero-order valence-corrected chi connectivity index (χ0v) is 15.9. The van der Waals surface area contributed by atoms with Crippen molar-refractivity contribution < 1.29 is 0 Å². The molecule has 0 spiro atoms. The lowest BCUT2D eigenvalue weighted by Crippen LogP contribution is -2.26. The van der Waals surface area contributed by atoms with Crippen LogP contribution in [0.4, 0.5) is 0 Å². The highest BCUT2D eigenvalue weighted by atomic mass is 15.2. The Kier molecular flexibility index (Phi) is 4.63. The molecular formula is C24H24N4. The van der Waals surface area contributed by atoms with E-state index >= 15 is 0 Å². The van der Waals surface area contributed by atoms with Gasteiger partial charge in [-0.15, -0.1) is 0 Å². The van der Waals surface area contributed by atoms with Crippen molar-refractivity contribution >= 4 is 11.0 Å². The lowest BCUT2D eigenvalue weighted by molar-refractivity contribution is 0.253. The van der Waals surface area contributed by atoms with Crippen LogP contribution >= 0.6 is 0 Å². The molecule has 3 heterocycles. The number of nitrogens with one attached hydrogen (secondary N) is 1. The number of aromatic nitrogens is 3. The van der Waals surface area contributed by atoms with E-state index < -0.39 is 0 Å². The Bertz CT molecular complexity index is 1060. The highest BCUT2D eigenvalue weighted by Gasteiger charge is 2.28. The highest BCUT2D eigenvalue weighted by Crippen LogP contribution is 2.32. The van der Waals surface area contributed by atoms with Gasteiger partial charge in [0.2, 0.25) is 0 Å². The predicted molar refractivity (Wildman–Crippen MR) is 113 cm³/mol. The van der Waals surface area contributed by atoms with Gasteiger partial charge in [0.05, 0.1) is 17.1 Å². The molecule has 1 aliphatic heterocycles. The van der Waals surface area contributed by atoms with Crippen LogP contribution in [0, 0.1) is 0 Å². The Balaban J connectivity index is 1.37. The van der Waals surface area contributed by atoms with Crippen LogP contribution in [-0.2, 0) is 6.42 Å². The number of hydrogen-bond acceptors (Lipinski definition) is 3. The topological polar surface area (TPSA) is 44.8 Å². The summed E-state index contributed by atoms with van der Waals surface area (Å²) in [7, 11) is 0. The van der Waals surface area contributed by atoms with Crippen molar-refractivity contribution in [2.45, 2.75) is 25.3 Å². The largest absolute Gasteiger partial charge is 0.341 e. The third kappa shape index (κ3) is 3.43. The minimum atomic E-state index is 0.389. The van der Waals surface area contributed by atoms with Crippen molar-refractivity contribution in [1.29, 1.82) is 0 Å². The number of fused-ring (bicyclic) bond motifs is 1. The summed E-state index contributed by atoms with van der Waals surface area (Å²) in [6.45, 7) is 2.23. The first-order chi connectivity index (χ1) is 13.9. The van der Waals surface area contributed by atoms with Gasteiger partial charge in [0, 0.05) is 18.9 Å². The number of pyridine rings is 1. The maximum Gasteiger partial charge on any atom is 0.124 e. The molecule has 5 rings (SSSR count). The standard InChI is InChI=1S/C24H24N4/c1-2-5-18(6-3-1)12-16-28-15-4-7-23(28)24-26-21-9-8-20(17-22(21)27-24)19-10-13-25-14-11-19/h1-3,5-6,8-11,13-14,17,23H,4,7,12,15-16H2,(H,26,27). The number of H-pyrrole nitrogens is 1. The van der Waals surface area contributed by atoms with Gasteiger partial charge in [-0.3, -0.25) is 9.88 Å². The molecule has 0 bridgehead atoms. The minimum Gasteiger partial charge on any atom is -0.341 e. The second kappa shape index (κ2) is 7.56. The first-order valence-corrected chi connectivity index (χ1v) is 10.0. The maximum absolute atomic E-state index is 4.93. The van der Waals surface area contributed by atoms with E-state index in [1.807, 2.05) is 24.5 Å². The van der Waals surface area contributed by atoms with E-state index in [-0.39, 0.29) is 0 Å². The maximum atomic E-state index is 4.93. The SMILES string of the molecule is c1ccc(CCN2CCCC2c2nc3ccc(-c4ccncc4)cc3[nH]2)cc1. The molecule has 0 saturated carbocycles. The molecule has 2 aromatic carbocycles.